The van der Waals surface area contributed by atoms with Crippen LogP contribution in [0.1, 0.15) is 0 Å². The molecule has 0 radical (unpaired) electrons. The van der Waals surface area contributed by atoms with Crippen molar-refractivity contribution in [3.8, 4) is 0 Å². The third-order valence-corrected chi connectivity index (χ3v) is 1.02. The van der Waals surface area contributed by atoms with E-state index in [0.29, 0.717) is 13.2 Å². The van der Waals surface area contributed by atoms with E-state index in [1.807, 2.05) is 12.2 Å². The normalized spacial score (nSPS) is 21.9. The van der Waals surface area contributed by atoms with Crippen molar-refractivity contribution < 1.29 is 14.2 Å². The van der Waals surface area contributed by atoms with Crippen LogP contribution in [0.5, 0.6) is 0 Å². The van der Waals surface area contributed by atoms with E-state index < -0.39 is 6.48 Å². The molecule has 0 aromatic heterocycles. The van der Waals surface area contributed by atoms with E-state index in [0.717, 1.165) is 0 Å². The van der Waals surface area contributed by atoms with Crippen molar-refractivity contribution in [2.24, 2.45) is 0 Å². The van der Waals surface area contributed by atoms with Crippen LogP contribution >= 0.6 is 0 Å². The quantitative estimate of drug-likeness (QED) is 0.484. The van der Waals surface area contributed by atoms with Crippen molar-refractivity contribution in [3.63, 3.8) is 0 Å². The van der Waals surface area contributed by atoms with Gasteiger partial charge in [-0.2, -0.15) is 0 Å². The van der Waals surface area contributed by atoms with Gasteiger partial charge in [-0.3, -0.25) is 0 Å². The van der Waals surface area contributed by atoms with Gasteiger partial charge in [-0.1, -0.05) is 12.2 Å². The van der Waals surface area contributed by atoms with E-state index in [9.17, 15) is 0 Å². The van der Waals surface area contributed by atoms with Gasteiger partial charge >= 0.3 is 0 Å². The highest BCUT2D eigenvalue weighted by atomic mass is 16.8. The molecule has 3 nitrogen and oxygen atoms in total. The monoisotopic (exact) mass is 130 g/mol. The maximum absolute atomic E-state index is 5.02. The Morgan fingerprint density at radius 2 is 1.89 bits per heavy atom. The van der Waals surface area contributed by atoms with Gasteiger partial charge < -0.3 is 14.2 Å². The van der Waals surface area contributed by atoms with E-state index in [2.05, 4.69) is 0 Å². The first-order valence-electron chi connectivity index (χ1n) is 2.84. The molecule has 1 aliphatic heterocycles. The molecule has 0 spiro atoms. The predicted molar refractivity (Wildman–Crippen MR) is 31.8 cm³/mol. The van der Waals surface area contributed by atoms with E-state index >= 15 is 0 Å². The highest BCUT2D eigenvalue weighted by Gasteiger charge is 2.06. The van der Waals surface area contributed by atoms with Crippen molar-refractivity contribution in [2.75, 3.05) is 20.3 Å². The molecule has 52 valence electrons. The first-order chi connectivity index (χ1) is 4.43. The number of hydrogen-bond acceptors (Lipinski definition) is 3. The zero-order chi connectivity index (χ0) is 6.53. The van der Waals surface area contributed by atoms with Crippen molar-refractivity contribution in [3.05, 3.63) is 12.2 Å². The molecule has 0 saturated heterocycles. The van der Waals surface area contributed by atoms with Gasteiger partial charge in [0.25, 0.3) is 6.48 Å². The summed E-state index contributed by atoms with van der Waals surface area (Å²) in [5.41, 5.74) is 0. The van der Waals surface area contributed by atoms with Crippen LogP contribution in [0.25, 0.3) is 0 Å². The summed E-state index contributed by atoms with van der Waals surface area (Å²) in [5.74, 6) is 0. The van der Waals surface area contributed by atoms with Crippen LogP contribution in [0.3, 0.4) is 0 Å². The molecule has 0 unspecified atom stereocenters. The second kappa shape index (κ2) is 3.61. The molecule has 0 aromatic carbocycles. The van der Waals surface area contributed by atoms with Crippen molar-refractivity contribution in [2.45, 2.75) is 6.48 Å². The Morgan fingerprint density at radius 1 is 1.33 bits per heavy atom. The van der Waals surface area contributed by atoms with Crippen LogP contribution in [0, 0.1) is 0 Å². The summed E-state index contributed by atoms with van der Waals surface area (Å²) in [6.07, 6.45) is 3.80. The predicted octanol–water partition coefficient (Wildman–Crippen LogP) is 0.519. The molecule has 0 aliphatic carbocycles. The fourth-order valence-corrected chi connectivity index (χ4v) is 0.589. The van der Waals surface area contributed by atoms with Crippen LogP contribution in [0.15, 0.2) is 12.2 Å². The Bertz CT molecular complexity index is 90.5. The Kier molecular flexibility index (Phi) is 2.70. The van der Waals surface area contributed by atoms with E-state index in [1.165, 1.54) is 0 Å². The molecule has 0 saturated carbocycles. The zero-order valence-electron chi connectivity index (χ0n) is 5.37. The molecule has 1 heterocycles. The van der Waals surface area contributed by atoms with E-state index in [4.69, 9.17) is 14.2 Å². The maximum atomic E-state index is 5.02. The number of methoxy groups -OCH3 is 1. The van der Waals surface area contributed by atoms with E-state index in [-0.39, 0.29) is 0 Å². The molecular weight excluding hydrogens is 120 g/mol. The maximum Gasteiger partial charge on any atom is 0.271 e. The summed E-state index contributed by atoms with van der Waals surface area (Å²) >= 11 is 0. The van der Waals surface area contributed by atoms with E-state index in [1.54, 1.807) is 7.11 Å². The topological polar surface area (TPSA) is 27.7 Å². The van der Waals surface area contributed by atoms with Crippen LogP contribution in [0.2, 0.25) is 0 Å². The highest BCUT2D eigenvalue weighted by molar-refractivity contribution is 4.82. The lowest BCUT2D eigenvalue weighted by atomic mass is 10.5. The molecule has 1 aliphatic rings. The first-order valence-corrected chi connectivity index (χ1v) is 2.84. The van der Waals surface area contributed by atoms with Crippen LogP contribution in [-0.4, -0.2) is 26.8 Å². The van der Waals surface area contributed by atoms with Gasteiger partial charge in [0.15, 0.2) is 0 Å². The standard InChI is InChI=1S/C6H10O3/c1-7-6-8-4-2-3-5-9-6/h2-3,6H,4-5H2,1H3. The largest absolute Gasteiger partial charge is 0.333 e. The molecule has 0 fully saturated rings. The third-order valence-electron chi connectivity index (χ3n) is 1.02. The van der Waals surface area contributed by atoms with Gasteiger partial charge in [0, 0.05) is 7.11 Å². The van der Waals surface area contributed by atoms with Crippen LogP contribution in [-0.2, 0) is 14.2 Å². The summed E-state index contributed by atoms with van der Waals surface area (Å²) < 4.78 is 14.8. The minimum atomic E-state index is -0.486. The Balaban J connectivity index is 2.26. The van der Waals surface area contributed by atoms with Crippen LogP contribution in [0.4, 0.5) is 0 Å². The SMILES string of the molecule is COC1OCC=CCO1. The first kappa shape index (κ1) is 6.74. The second-order valence-corrected chi connectivity index (χ2v) is 1.66. The molecule has 0 N–H and O–H groups in total. The molecule has 9 heavy (non-hydrogen) atoms. The van der Waals surface area contributed by atoms with Crippen LogP contribution < -0.4 is 0 Å². The Morgan fingerprint density at radius 3 is 2.33 bits per heavy atom. The van der Waals surface area contributed by atoms with Gasteiger partial charge in [0.2, 0.25) is 0 Å². The molecule has 1 rings (SSSR count). The van der Waals surface area contributed by atoms with Gasteiger partial charge in [0.05, 0.1) is 13.2 Å². The lowest BCUT2D eigenvalue weighted by Crippen LogP contribution is -2.17. The fourth-order valence-electron chi connectivity index (χ4n) is 0.589. The Labute approximate surface area is 54.2 Å². The number of hydrogen-bond donors (Lipinski definition) is 0. The Hall–Kier alpha value is -0.380. The molecule has 0 bridgehead atoms. The number of rotatable bonds is 1. The van der Waals surface area contributed by atoms with Crippen molar-refractivity contribution in [1.29, 1.82) is 0 Å². The average molecular weight is 130 g/mol. The molecule has 0 aromatic rings. The summed E-state index contributed by atoms with van der Waals surface area (Å²) in [7, 11) is 1.55. The van der Waals surface area contributed by atoms with Gasteiger partial charge in [-0.15, -0.1) is 0 Å². The molecular formula is C6H10O3. The summed E-state index contributed by atoms with van der Waals surface area (Å²) in [4.78, 5) is 0. The minimum absolute atomic E-state index is 0.486. The second-order valence-electron chi connectivity index (χ2n) is 1.66. The minimum Gasteiger partial charge on any atom is -0.333 e. The lowest BCUT2D eigenvalue weighted by molar-refractivity contribution is -0.264. The highest BCUT2D eigenvalue weighted by Crippen LogP contribution is 1.99. The van der Waals surface area contributed by atoms with Crippen molar-refractivity contribution in [1.82, 2.24) is 0 Å². The smallest absolute Gasteiger partial charge is 0.271 e. The average Bonchev–Trinajstić information content (AvgIpc) is 2.13. The molecule has 3 heteroatoms. The van der Waals surface area contributed by atoms with Gasteiger partial charge in [0.1, 0.15) is 0 Å². The van der Waals surface area contributed by atoms with Gasteiger partial charge in [-0.05, 0) is 0 Å². The van der Waals surface area contributed by atoms with Crippen molar-refractivity contribution >= 4 is 0 Å². The number of ether oxygens (including phenoxy) is 3. The summed E-state index contributed by atoms with van der Waals surface area (Å²) in [5, 5.41) is 0. The lowest BCUT2D eigenvalue weighted by Gasteiger charge is -2.11. The molecule has 0 amide bonds. The summed E-state index contributed by atoms with van der Waals surface area (Å²) in [6.45, 7) is 0.650. The summed E-state index contributed by atoms with van der Waals surface area (Å²) in [6, 6.07) is 0. The third kappa shape index (κ3) is 2.13. The molecule has 0 atom stereocenters. The van der Waals surface area contributed by atoms with Gasteiger partial charge in [-0.25, -0.2) is 0 Å². The zero-order valence-corrected chi connectivity index (χ0v) is 5.37. The fraction of sp³-hybridized carbons (Fsp3) is 0.667.